The van der Waals surface area contributed by atoms with Gasteiger partial charge in [-0.05, 0) is 36.3 Å². The van der Waals surface area contributed by atoms with Crippen LogP contribution in [0.5, 0.6) is 11.5 Å². The van der Waals surface area contributed by atoms with Gasteiger partial charge in [0.1, 0.15) is 11.4 Å². The number of nitrogen functional groups attached to an aromatic ring is 1. The maximum atomic E-state index is 12.9. The number of nitrogens with zero attached hydrogens (tertiary/aromatic N) is 2. The molecule has 0 atom stereocenters. The van der Waals surface area contributed by atoms with Crippen molar-refractivity contribution in [2.24, 2.45) is 0 Å². The number of hydrogen-bond acceptors (Lipinski definition) is 8. The first-order valence-electron chi connectivity index (χ1n) is 11.1. The lowest BCUT2D eigenvalue weighted by molar-refractivity contribution is -0.136. The van der Waals surface area contributed by atoms with Crippen LogP contribution in [0.2, 0.25) is 0 Å². The lowest BCUT2D eigenvalue weighted by Gasteiger charge is -2.15. The lowest BCUT2D eigenvalue weighted by Crippen LogP contribution is -2.44. The Hall–Kier alpha value is -4.60. The van der Waals surface area contributed by atoms with Crippen molar-refractivity contribution in [1.82, 2.24) is 9.13 Å². The van der Waals surface area contributed by atoms with E-state index in [-0.39, 0.29) is 18.9 Å². The summed E-state index contributed by atoms with van der Waals surface area (Å²) in [5.74, 6) is -0.872. The molecule has 2 aromatic carbocycles. The highest BCUT2D eigenvalue weighted by atomic mass is 16.5. The summed E-state index contributed by atoms with van der Waals surface area (Å²) in [4.78, 5) is 50.7. The zero-order valence-corrected chi connectivity index (χ0v) is 20.2. The Morgan fingerprint density at radius 2 is 1.67 bits per heavy atom. The summed E-state index contributed by atoms with van der Waals surface area (Å²) in [7, 11) is 3.00. The van der Waals surface area contributed by atoms with Crippen molar-refractivity contribution >= 4 is 23.6 Å². The predicted octanol–water partition coefficient (Wildman–Crippen LogP) is 2.12. The molecular weight excluding hydrogens is 466 g/mol. The normalized spacial score (nSPS) is 10.9. The predicted molar refractivity (Wildman–Crippen MR) is 134 cm³/mol. The number of ketones is 1. The zero-order chi connectivity index (χ0) is 26.2. The molecule has 10 heteroatoms. The summed E-state index contributed by atoms with van der Waals surface area (Å²) < 4.78 is 17.5. The van der Waals surface area contributed by atoms with Crippen LogP contribution in [0, 0.1) is 0 Å². The van der Waals surface area contributed by atoms with E-state index in [1.165, 1.54) is 20.3 Å². The number of carbonyl (C=O) groups is 2. The highest BCUT2D eigenvalue weighted by Gasteiger charge is 2.23. The molecule has 0 amide bonds. The van der Waals surface area contributed by atoms with Crippen molar-refractivity contribution in [3.63, 3.8) is 0 Å². The maximum Gasteiger partial charge on any atom is 0.332 e. The van der Waals surface area contributed by atoms with Gasteiger partial charge in [-0.2, -0.15) is 0 Å². The molecule has 0 unspecified atom stereocenters. The van der Waals surface area contributed by atoms with E-state index in [0.29, 0.717) is 17.1 Å². The summed E-state index contributed by atoms with van der Waals surface area (Å²) in [6.45, 7) is 1.00. The van der Waals surface area contributed by atoms with Gasteiger partial charge in [0.15, 0.2) is 18.1 Å². The number of carbonyl (C=O) groups excluding carboxylic acids is 2. The third kappa shape index (κ3) is 5.72. The Balaban J connectivity index is 1.80. The van der Waals surface area contributed by atoms with Gasteiger partial charge in [-0.25, -0.2) is 9.59 Å². The number of benzene rings is 2. The van der Waals surface area contributed by atoms with E-state index in [1.807, 2.05) is 6.07 Å². The molecule has 0 aliphatic carbocycles. The molecule has 3 aromatic rings. The highest BCUT2D eigenvalue weighted by Crippen LogP contribution is 2.27. The van der Waals surface area contributed by atoms with Gasteiger partial charge in [0.05, 0.1) is 20.8 Å². The highest BCUT2D eigenvalue weighted by molar-refractivity contribution is 6.02. The van der Waals surface area contributed by atoms with Gasteiger partial charge in [-0.3, -0.25) is 18.7 Å². The average molecular weight is 494 g/mol. The Morgan fingerprint density at radius 3 is 2.31 bits per heavy atom. The number of nitrogens with two attached hydrogens (primary N) is 1. The van der Waals surface area contributed by atoms with Crippen LogP contribution in [0.25, 0.3) is 6.08 Å². The molecule has 0 saturated heterocycles. The smallest absolute Gasteiger partial charge is 0.332 e. The zero-order valence-electron chi connectivity index (χ0n) is 20.2. The van der Waals surface area contributed by atoms with E-state index >= 15 is 0 Å². The van der Waals surface area contributed by atoms with Gasteiger partial charge in [0.25, 0.3) is 5.56 Å². The minimum atomic E-state index is -0.828. The number of esters is 1. The fraction of sp³-hybridized carbons (Fsp3) is 0.231. The second-order valence-corrected chi connectivity index (χ2v) is 7.64. The van der Waals surface area contributed by atoms with Crippen molar-refractivity contribution < 1.29 is 23.8 Å². The first-order chi connectivity index (χ1) is 17.3. The Bertz CT molecular complexity index is 1410. The number of Topliss-reactive ketones (excluding diaryl/α,β-unsaturated/α-hetero) is 1. The number of anilines is 1. The standard InChI is InChI=1S/C26H27N3O7/c1-4-28-25(32)23(24(27)29(26(28)33)15-18-8-6-5-7-9-18)19(30)16-36-22(31)13-11-17-10-12-20(34-2)21(14-17)35-3/h5-14H,4,15-16,27H2,1-3H3. The number of rotatable bonds is 10. The fourth-order valence-electron chi connectivity index (χ4n) is 3.55. The van der Waals surface area contributed by atoms with Crippen molar-refractivity contribution in [3.8, 4) is 11.5 Å². The van der Waals surface area contributed by atoms with Gasteiger partial charge in [-0.15, -0.1) is 0 Å². The molecule has 10 nitrogen and oxygen atoms in total. The van der Waals surface area contributed by atoms with Gasteiger partial charge in [0.2, 0.25) is 5.78 Å². The van der Waals surface area contributed by atoms with Crippen molar-refractivity contribution in [2.75, 3.05) is 26.6 Å². The fourth-order valence-corrected chi connectivity index (χ4v) is 3.55. The Kier molecular flexibility index (Phi) is 8.45. The Morgan fingerprint density at radius 1 is 0.972 bits per heavy atom. The van der Waals surface area contributed by atoms with Gasteiger partial charge >= 0.3 is 11.7 Å². The second kappa shape index (κ2) is 11.7. The number of hydrogen-bond donors (Lipinski definition) is 1. The van der Waals surface area contributed by atoms with E-state index < -0.39 is 35.2 Å². The van der Waals surface area contributed by atoms with E-state index in [4.69, 9.17) is 19.9 Å². The SMILES string of the molecule is CCn1c(=O)c(C(=O)COC(=O)C=Cc2ccc(OC)c(OC)c2)c(N)n(Cc2ccccc2)c1=O. The van der Waals surface area contributed by atoms with E-state index in [1.54, 1.807) is 49.4 Å². The van der Waals surface area contributed by atoms with Crippen molar-refractivity contribution in [1.29, 1.82) is 0 Å². The van der Waals surface area contributed by atoms with Crippen LogP contribution in [0.1, 0.15) is 28.4 Å². The quantitative estimate of drug-likeness (QED) is 0.258. The molecule has 36 heavy (non-hydrogen) atoms. The number of aromatic nitrogens is 2. The van der Waals surface area contributed by atoms with Crippen LogP contribution in [-0.2, 0) is 22.6 Å². The number of ether oxygens (including phenoxy) is 3. The molecule has 0 saturated carbocycles. The molecule has 0 aliphatic rings. The van der Waals surface area contributed by atoms with Crippen LogP contribution in [0.15, 0.2) is 64.2 Å². The molecule has 188 valence electrons. The second-order valence-electron chi connectivity index (χ2n) is 7.64. The third-order valence-corrected chi connectivity index (χ3v) is 5.41. The van der Waals surface area contributed by atoms with Gasteiger partial charge in [-0.1, -0.05) is 36.4 Å². The first-order valence-corrected chi connectivity index (χ1v) is 11.1. The molecule has 0 spiro atoms. The molecular formula is C26H27N3O7. The minimum Gasteiger partial charge on any atom is -0.493 e. The Labute approximate surface area is 207 Å². The summed E-state index contributed by atoms with van der Waals surface area (Å²) in [5.41, 5.74) is 5.65. The summed E-state index contributed by atoms with van der Waals surface area (Å²) in [6.07, 6.45) is 2.62. The van der Waals surface area contributed by atoms with Gasteiger partial charge < -0.3 is 19.9 Å². The summed E-state index contributed by atoms with van der Waals surface area (Å²) in [5, 5.41) is 0. The minimum absolute atomic E-state index is 0.0425. The largest absolute Gasteiger partial charge is 0.493 e. The van der Waals surface area contributed by atoms with Crippen LogP contribution < -0.4 is 26.5 Å². The maximum absolute atomic E-state index is 12.9. The monoisotopic (exact) mass is 493 g/mol. The molecule has 1 heterocycles. The van der Waals surface area contributed by atoms with Gasteiger partial charge in [0, 0.05) is 12.6 Å². The number of methoxy groups -OCH3 is 2. The molecule has 3 rings (SSSR count). The van der Waals surface area contributed by atoms with E-state index in [9.17, 15) is 19.2 Å². The summed E-state index contributed by atoms with van der Waals surface area (Å²) in [6, 6.07) is 14.1. The molecule has 0 radical (unpaired) electrons. The molecule has 0 bridgehead atoms. The molecule has 0 aliphatic heterocycles. The average Bonchev–Trinajstić information content (AvgIpc) is 2.89. The van der Waals surface area contributed by atoms with Crippen molar-refractivity contribution in [2.45, 2.75) is 20.0 Å². The van der Waals surface area contributed by atoms with Crippen LogP contribution in [-0.4, -0.2) is 41.7 Å². The topological polar surface area (TPSA) is 132 Å². The first kappa shape index (κ1) is 26.0. The van der Waals surface area contributed by atoms with Crippen LogP contribution >= 0.6 is 0 Å². The van der Waals surface area contributed by atoms with E-state index in [0.717, 1.165) is 20.8 Å². The van der Waals surface area contributed by atoms with Crippen LogP contribution in [0.3, 0.4) is 0 Å². The third-order valence-electron chi connectivity index (χ3n) is 5.41. The molecule has 0 fully saturated rings. The van der Waals surface area contributed by atoms with Crippen LogP contribution in [0.4, 0.5) is 5.82 Å². The molecule has 2 N–H and O–H groups in total. The summed E-state index contributed by atoms with van der Waals surface area (Å²) >= 11 is 0. The molecule has 1 aromatic heterocycles. The van der Waals surface area contributed by atoms with Crippen molar-refractivity contribution in [3.05, 3.63) is 92.1 Å². The lowest BCUT2D eigenvalue weighted by atomic mass is 10.1. The van der Waals surface area contributed by atoms with E-state index in [2.05, 4.69) is 0 Å².